The van der Waals surface area contributed by atoms with Crippen LogP contribution >= 0.6 is 11.3 Å². The molecule has 2 aromatic rings. The van der Waals surface area contributed by atoms with E-state index in [0.29, 0.717) is 18.7 Å². The maximum absolute atomic E-state index is 13.1. The molecule has 6 heteroatoms. The summed E-state index contributed by atoms with van der Waals surface area (Å²) in [5.74, 6) is -0.339. The summed E-state index contributed by atoms with van der Waals surface area (Å²) in [5.41, 5.74) is 2.67. The van der Waals surface area contributed by atoms with Crippen molar-refractivity contribution in [1.82, 2.24) is 4.90 Å². The largest absolute Gasteiger partial charge is 0.507 e. The van der Waals surface area contributed by atoms with E-state index in [4.69, 9.17) is 4.74 Å². The maximum Gasteiger partial charge on any atom is 0.295 e. The molecule has 1 aromatic heterocycles. The lowest BCUT2D eigenvalue weighted by molar-refractivity contribution is -0.139. The number of nitrogens with zero attached hydrogens (tertiary/aromatic N) is 1. The van der Waals surface area contributed by atoms with Crippen molar-refractivity contribution >= 4 is 28.8 Å². The van der Waals surface area contributed by atoms with Crippen LogP contribution in [0.1, 0.15) is 74.1 Å². The number of hydrogen-bond donors (Lipinski definition) is 1. The molecule has 0 saturated carbocycles. The van der Waals surface area contributed by atoms with Crippen molar-refractivity contribution in [1.29, 1.82) is 0 Å². The average Bonchev–Trinajstić information content (AvgIpc) is 3.27. The highest BCUT2D eigenvalue weighted by Crippen LogP contribution is 2.43. The van der Waals surface area contributed by atoms with Crippen molar-refractivity contribution in [2.45, 2.75) is 59.4 Å². The molecule has 1 N–H and O–H groups in total. The molecule has 1 aliphatic rings. The summed E-state index contributed by atoms with van der Waals surface area (Å²) in [7, 11) is 0. The first-order valence-electron chi connectivity index (χ1n) is 10.9. The Morgan fingerprint density at radius 2 is 1.97 bits per heavy atom. The number of hydrogen-bond acceptors (Lipinski definition) is 5. The van der Waals surface area contributed by atoms with E-state index in [1.54, 1.807) is 11.0 Å². The van der Waals surface area contributed by atoms with Gasteiger partial charge in [-0.2, -0.15) is 0 Å². The Kier molecular flexibility index (Phi) is 7.21. The maximum atomic E-state index is 13.1. The Hall–Kier alpha value is -2.60. The molecule has 1 aromatic carbocycles. The fraction of sp³-hybridized carbons (Fsp3) is 0.440. The van der Waals surface area contributed by atoms with Gasteiger partial charge in [0.1, 0.15) is 11.5 Å². The second-order valence-corrected chi connectivity index (χ2v) is 9.10. The van der Waals surface area contributed by atoms with Gasteiger partial charge in [-0.3, -0.25) is 9.59 Å². The Balaban J connectivity index is 2.17. The molecule has 1 aliphatic heterocycles. The van der Waals surface area contributed by atoms with E-state index >= 15 is 0 Å². The normalized spacial score (nSPS) is 18.3. The number of carbonyl (C=O) groups is 2. The fourth-order valence-electron chi connectivity index (χ4n) is 3.97. The lowest BCUT2D eigenvalue weighted by Crippen LogP contribution is -2.30. The average molecular weight is 442 g/mol. The van der Waals surface area contributed by atoms with Crippen molar-refractivity contribution in [3.05, 3.63) is 56.8 Å². The van der Waals surface area contributed by atoms with Crippen molar-refractivity contribution in [3.63, 3.8) is 0 Å². The van der Waals surface area contributed by atoms with Crippen LogP contribution < -0.4 is 4.74 Å². The topological polar surface area (TPSA) is 66.8 Å². The molecule has 1 atom stereocenters. The molecule has 166 valence electrons. The lowest BCUT2D eigenvalue weighted by atomic mass is 9.94. The number of unbranched alkanes of at least 4 members (excludes halogenated alkanes) is 1. The Morgan fingerprint density at radius 1 is 1.23 bits per heavy atom. The number of likely N-dealkylation sites (tertiary alicyclic amines) is 1. The molecule has 1 unspecified atom stereocenters. The molecular formula is C25H31NO4S. The molecule has 1 saturated heterocycles. The molecule has 3 rings (SSSR count). The predicted molar refractivity (Wildman–Crippen MR) is 125 cm³/mol. The van der Waals surface area contributed by atoms with Crippen LogP contribution in [0.2, 0.25) is 0 Å². The minimum Gasteiger partial charge on any atom is -0.507 e. The van der Waals surface area contributed by atoms with E-state index in [9.17, 15) is 14.7 Å². The van der Waals surface area contributed by atoms with Crippen LogP contribution in [0, 0.1) is 6.92 Å². The minimum atomic E-state index is -0.619. The van der Waals surface area contributed by atoms with Gasteiger partial charge in [-0.25, -0.2) is 0 Å². The standard InChI is InChI=1S/C25H31NO4S/c1-6-8-12-26-21(24-16(5)11-13-31-24)20(23(28)25(26)29)22(27)17-9-10-19(30-7-2)18(14-17)15(3)4/h9-11,13-15,21,27H,6-8,12H2,1-5H3/b22-20-. The van der Waals surface area contributed by atoms with Gasteiger partial charge in [0.2, 0.25) is 0 Å². The van der Waals surface area contributed by atoms with Gasteiger partial charge < -0.3 is 14.7 Å². The number of ether oxygens (including phenoxy) is 1. The van der Waals surface area contributed by atoms with Gasteiger partial charge in [0.25, 0.3) is 11.7 Å². The third-order valence-corrected chi connectivity index (χ3v) is 6.72. The summed E-state index contributed by atoms with van der Waals surface area (Å²) in [6, 6.07) is 6.87. The van der Waals surface area contributed by atoms with Gasteiger partial charge in [-0.1, -0.05) is 27.2 Å². The number of benzene rings is 1. The molecule has 5 nitrogen and oxygen atoms in total. The number of aliphatic hydroxyl groups excluding tert-OH is 1. The molecule has 0 radical (unpaired) electrons. The zero-order chi connectivity index (χ0) is 22.7. The van der Waals surface area contributed by atoms with E-state index in [0.717, 1.165) is 34.6 Å². The Bertz CT molecular complexity index is 1000. The molecule has 2 heterocycles. The van der Waals surface area contributed by atoms with Crippen LogP contribution in [0.25, 0.3) is 5.76 Å². The third-order valence-electron chi connectivity index (χ3n) is 5.65. The minimum absolute atomic E-state index is 0.125. The molecule has 0 bridgehead atoms. The second-order valence-electron chi connectivity index (χ2n) is 8.15. The van der Waals surface area contributed by atoms with Crippen LogP contribution in [0.4, 0.5) is 0 Å². The summed E-state index contributed by atoms with van der Waals surface area (Å²) in [4.78, 5) is 28.5. The molecule has 0 spiro atoms. The molecule has 1 amide bonds. The van der Waals surface area contributed by atoms with E-state index < -0.39 is 17.7 Å². The quantitative estimate of drug-likeness (QED) is 0.319. The van der Waals surface area contributed by atoms with Crippen molar-refractivity contribution in [2.75, 3.05) is 13.2 Å². The number of Topliss-reactive ketones (excluding diaryl/α,β-unsaturated/α-hetero) is 1. The number of thiophene rings is 1. The van der Waals surface area contributed by atoms with E-state index in [1.807, 2.05) is 37.4 Å². The van der Waals surface area contributed by atoms with Crippen LogP contribution in [-0.4, -0.2) is 34.8 Å². The van der Waals surface area contributed by atoms with Crippen molar-refractivity contribution in [3.8, 4) is 5.75 Å². The molecule has 0 aliphatic carbocycles. The summed E-state index contributed by atoms with van der Waals surface area (Å²) >= 11 is 1.51. The monoisotopic (exact) mass is 441 g/mol. The number of carbonyl (C=O) groups excluding carboxylic acids is 2. The van der Waals surface area contributed by atoms with Crippen molar-refractivity contribution in [2.24, 2.45) is 0 Å². The zero-order valence-corrected chi connectivity index (χ0v) is 19.7. The van der Waals surface area contributed by atoms with Crippen LogP contribution in [0.15, 0.2) is 35.2 Å². The van der Waals surface area contributed by atoms with Crippen molar-refractivity contribution < 1.29 is 19.4 Å². The van der Waals surface area contributed by atoms with Gasteiger partial charge in [-0.15, -0.1) is 11.3 Å². The number of amides is 1. The Labute approximate surface area is 188 Å². The summed E-state index contributed by atoms with van der Waals surface area (Å²) < 4.78 is 5.73. The third kappa shape index (κ3) is 4.40. The van der Waals surface area contributed by atoms with Crippen LogP contribution in [-0.2, 0) is 9.59 Å². The van der Waals surface area contributed by atoms with Crippen LogP contribution in [0.3, 0.4) is 0 Å². The highest BCUT2D eigenvalue weighted by molar-refractivity contribution is 7.10. The summed E-state index contributed by atoms with van der Waals surface area (Å²) in [6.07, 6.45) is 1.71. The smallest absolute Gasteiger partial charge is 0.295 e. The molecular weight excluding hydrogens is 410 g/mol. The summed E-state index contributed by atoms with van der Waals surface area (Å²) in [6.45, 7) is 11.1. The number of rotatable bonds is 8. The van der Waals surface area contributed by atoms with E-state index in [1.165, 1.54) is 11.3 Å². The number of aryl methyl sites for hydroxylation is 1. The first kappa shape index (κ1) is 23.1. The highest BCUT2D eigenvalue weighted by atomic mass is 32.1. The SMILES string of the molecule is CCCCN1C(=O)C(=O)/C(=C(\O)c2ccc(OCC)c(C(C)C)c2)C1c1sccc1C. The van der Waals surface area contributed by atoms with E-state index in [2.05, 4.69) is 20.8 Å². The molecule has 31 heavy (non-hydrogen) atoms. The number of aliphatic hydroxyl groups is 1. The number of ketones is 1. The second kappa shape index (κ2) is 9.69. The first-order chi connectivity index (χ1) is 14.8. The van der Waals surface area contributed by atoms with Gasteiger partial charge in [0.05, 0.1) is 18.2 Å². The Morgan fingerprint density at radius 3 is 2.55 bits per heavy atom. The van der Waals surface area contributed by atoms with Gasteiger partial charge in [0.15, 0.2) is 0 Å². The lowest BCUT2D eigenvalue weighted by Gasteiger charge is -2.24. The fourth-order valence-corrected chi connectivity index (χ4v) is 5.01. The predicted octanol–water partition coefficient (Wildman–Crippen LogP) is 5.80. The molecule has 1 fully saturated rings. The van der Waals surface area contributed by atoms with Gasteiger partial charge >= 0.3 is 0 Å². The van der Waals surface area contributed by atoms with Gasteiger partial charge in [0, 0.05) is 17.0 Å². The van der Waals surface area contributed by atoms with Crippen LogP contribution in [0.5, 0.6) is 5.75 Å². The van der Waals surface area contributed by atoms with E-state index in [-0.39, 0.29) is 17.3 Å². The highest BCUT2D eigenvalue weighted by Gasteiger charge is 2.46. The summed E-state index contributed by atoms with van der Waals surface area (Å²) in [5, 5.41) is 13.2. The van der Waals surface area contributed by atoms with Gasteiger partial charge in [-0.05, 0) is 67.0 Å². The zero-order valence-electron chi connectivity index (χ0n) is 18.9. The first-order valence-corrected chi connectivity index (χ1v) is 11.8.